The van der Waals surface area contributed by atoms with Crippen LogP contribution in [0.25, 0.3) is 0 Å². The summed E-state index contributed by atoms with van der Waals surface area (Å²) in [5.74, 6) is -0.335. The molecule has 6 N–H and O–H groups in total. The molecule has 1 aliphatic heterocycles. The first-order valence-corrected chi connectivity index (χ1v) is 17.4. The highest BCUT2D eigenvalue weighted by Gasteiger charge is 2.31. The first kappa shape index (κ1) is 38.1. The number of aliphatic hydroxyl groups excluding tert-OH is 2. The summed E-state index contributed by atoms with van der Waals surface area (Å²) in [4.78, 5) is 53.3. The molecule has 1 saturated heterocycles. The summed E-state index contributed by atoms with van der Waals surface area (Å²) in [6, 6.07) is 7.46. The predicted molar refractivity (Wildman–Crippen MR) is 179 cm³/mol. The number of ether oxygens (including phenoxy) is 1. The molecule has 0 bridgehead atoms. The van der Waals surface area contributed by atoms with E-state index in [-0.39, 0.29) is 37.4 Å². The second-order valence-electron chi connectivity index (χ2n) is 14.0. The SMILES string of the molecule is CC[C@H](O)[C@H](O)[C@H](CC1CCCCC1)NC(=O)CCNC(=O)[C@H](Cc1ccccc1)NC(=O)N1CCC(NC(=O)OC(C)(C)C)CC1. The highest BCUT2D eigenvalue weighted by Crippen LogP contribution is 2.28. The molecule has 4 atom stereocenters. The van der Waals surface area contributed by atoms with Crippen molar-refractivity contribution in [3.8, 4) is 0 Å². The average Bonchev–Trinajstić information content (AvgIpc) is 3.03. The Hall–Kier alpha value is -3.38. The van der Waals surface area contributed by atoms with Gasteiger partial charge < -0.3 is 41.1 Å². The monoisotopic (exact) mass is 659 g/mol. The Labute approximate surface area is 279 Å². The molecule has 0 radical (unpaired) electrons. The van der Waals surface area contributed by atoms with Crippen molar-refractivity contribution >= 4 is 23.9 Å². The van der Waals surface area contributed by atoms with Gasteiger partial charge in [-0.25, -0.2) is 9.59 Å². The van der Waals surface area contributed by atoms with Crippen LogP contribution < -0.4 is 21.3 Å². The molecule has 0 aromatic heterocycles. The van der Waals surface area contributed by atoms with E-state index in [2.05, 4.69) is 21.3 Å². The van der Waals surface area contributed by atoms with Crippen molar-refractivity contribution in [3.05, 3.63) is 35.9 Å². The first-order valence-electron chi connectivity index (χ1n) is 17.4. The van der Waals surface area contributed by atoms with Gasteiger partial charge in [-0.2, -0.15) is 0 Å². The van der Waals surface area contributed by atoms with Crippen LogP contribution in [0.2, 0.25) is 0 Å². The smallest absolute Gasteiger partial charge is 0.407 e. The van der Waals surface area contributed by atoms with Gasteiger partial charge in [-0.15, -0.1) is 0 Å². The Morgan fingerprint density at radius 2 is 1.62 bits per heavy atom. The maximum atomic E-state index is 13.3. The van der Waals surface area contributed by atoms with Gasteiger partial charge in [0.15, 0.2) is 0 Å². The molecule has 1 aliphatic carbocycles. The second-order valence-corrected chi connectivity index (χ2v) is 14.0. The zero-order chi connectivity index (χ0) is 34.4. The second kappa shape index (κ2) is 18.8. The highest BCUT2D eigenvalue weighted by atomic mass is 16.6. The lowest BCUT2D eigenvalue weighted by molar-refractivity contribution is -0.124. The molecular formula is C35H57N5O7. The van der Waals surface area contributed by atoms with E-state index in [1.807, 2.05) is 30.3 Å². The third-order valence-corrected chi connectivity index (χ3v) is 8.93. The van der Waals surface area contributed by atoms with Crippen molar-refractivity contribution < 1.29 is 34.1 Å². The zero-order valence-electron chi connectivity index (χ0n) is 28.6. The lowest BCUT2D eigenvalue weighted by Crippen LogP contribution is -2.55. The van der Waals surface area contributed by atoms with Crippen molar-refractivity contribution in [2.75, 3.05) is 19.6 Å². The number of benzene rings is 1. The number of nitrogens with zero attached hydrogens (tertiary/aromatic N) is 1. The Kier molecular flexibility index (Phi) is 15.3. The summed E-state index contributed by atoms with van der Waals surface area (Å²) >= 11 is 0. The maximum Gasteiger partial charge on any atom is 0.407 e. The van der Waals surface area contributed by atoms with E-state index in [4.69, 9.17) is 4.74 Å². The predicted octanol–water partition coefficient (Wildman–Crippen LogP) is 3.39. The summed E-state index contributed by atoms with van der Waals surface area (Å²) in [6.07, 6.45) is 5.45. The standard InChI is InChI=1S/C35H57N5O7/c1-5-29(41)31(43)27(22-24-12-8-6-9-13-24)38-30(42)16-19-36-32(44)28(23-25-14-10-7-11-15-25)39-33(45)40-20-17-26(18-21-40)37-34(46)47-35(2,3)4/h7,10-11,14-15,24,26-29,31,41,43H,5-6,8-9,12-13,16-23H2,1-4H3,(H,36,44)(H,37,46)(H,38,42)(H,39,45)/t27-,28-,29-,31+/m0/s1. The fourth-order valence-electron chi connectivity index (χ4n) is 6.28. The Morgan fingerprint density at radius 3 is 2.23 bits per heavy atom. The number of alkyl carbamates (subject to hydrolysis) is 1. The van der Waals surface area contributed by atoms with E-state index in [0.29, 0.717) is 44.7 Å². The summed E-state index contributed by atoms with van der Waals surface area (Å²) in [5, 5.41) is 32.5. The van der Waals surface area contributed by atoms with Crippen LogP contribution in [0.15, 0.2) is 30.3 Å². The van der Waals surface area contributed by atoms with Crippen LogP contribution in [0.1, 0.15) is 97.5 Å². The van der Waals surface area contributed by atoms with E-state index in [0.717, 1.165) is 31.2 Å². The molecule has 2 fully saturated rings. The van der Waals surface area contributed by atoms with Gasteiger partial charge in [0, 0.05) is 38.5 Å². The van der Waals surface area contributed by atoms with Crippen LogP contribution in [0, 0.1) is 5.92 Å². The van der Waals surface area contributed by atoms with Crippen molar-refractivity contribution in [1.29, 1.82) is 0 Å². The topological polar surface area (TPSA) is 169 Å². The van der Waals surface area contributed by atoms with Crippen LogP contribution in [0.4, 0.5) is 9.59 Å². The third-order valence-electron chi connectivity index (χ3n) is 8.93. The summed E-state index contributed by atoms with van der Waals surface area (Å²) < 4.78 is 5.34. The number of aliphatic hydroxyl groups is 2. The number of urea groups is 1. The highest BCUT2D eigenvalue weighted by molar-refractivity contribution is 5.87. The number of rotatable bonds is 14. The molecule has 1 aromatic rings. The number of carbonyl (C=O) groups excluding carboxylic acids is 4. The van der Waals surface area contributed by atoms with Crippen LogP contribution in [-0.2, 0) is 20.7 Å². The van der Waals surface area contributed by atoms with Gasteiger partial charge >= 0.3 is 12.1 Å². The number of carbonyl (C=O) groups is 4. The number of amides is 5. The molecule has 12 nitrogen and oxygen atoms in total. The lowest BCUT2D eigenvalue weighted by Gasteiger charge is -2.33. The quantitative estimate of drug-likeness (QED) is 0.178. The van der Waals surface area contributed by atoms with E-state index in [1.165, 1.54) is 6.42 Å². The number of piperidine rings is 1. The number of hydrogen-bond donors (Lipinski definition) is 6. The van der Waals surface area contributed by atoms with Crippen molar-refractivity contribution in [2.24, 2.45) is 5.92 Å². The minimum Gasteiger partial charge on any atom is -0.444 e. The van der Waals surface area contributed by atoms with E-state index >= 15 is 0 Å². The number of nitrogens with one attached hydrogen (secondary N) is 4. The average molecular weight is 660 g/mol. The van der Waals surface area contributed by atoms with Gasteiger partial charge in [-0.3, -0.25) is 9.59 Å². The van der Waals surface area contributed by atoms with Crippen LogP contribution in [0.3, 0.4) is 0 Å². The van der Waals surface area contributed by atoms with E-state index in [1.54, 1.807) is 32.6 Å². The van der Waals surface area contributed by atoms with Crippen molar-refractivity contribution in [2.45, 2.75) is 134 Å². The normalized spacial score (nSPS) is 18.7. The van der Waals surface area contributed by atoms with Crippen molar-refractivity contribution in [3.63, 3.8) is 0 Å². The molecule has 1 aromatic carbocycles. The van der Waals surface area contributed by atoms with Gasteiger partial charge in [-0.1, -0.05) is 69.4 Å². The molecule has 1 saturated carbocycles. The molecular weight excluding hydrogens is 602 g/mol. The molecule has 1 heterocycles. The Morgan fingerprint density at radius 1 is 0.957 bits per heavy atom. The summed E-state index contributed by atoms with van der Waals surface area (Å²) in [6.45, 7) is 8.07. The molecule has 0 spiro atoms. The molecule has 0 unspecified atom stereocenters. The molecule has 47 heavy (non-hydrogen) atoms. The molecule has 3 rings (SSSR count). The Balaban J connectivity index is 1.53. The third kappa shape index (κ3) is 13.7. The van der Waals surface area contributed by atoms with E-state index in [9.17, 15) is 29.4 Å². The van der Waals surface area contributed by atoms with Crippen LogP contribution in [0.5, 0.6) is 0 Å². The maximum absolute atomic E-state index is 13.3. The number of hydrogen-bond acceptors (Lipinski definition) is 7. The van der Waals surface area contributed by atoms with Crippen LogP contribution in [-0.4, -0.2) is 94.6 Å². The Bertz CT molecular complexity index is 1130. The zero-order valence-corrected chi connectivity index (χ0v) is 28.6. The van der Waals surface area contributed by atoms with Crippen molar-refractivity contribution in [1.82, 2.24) is 26.2 Å². The van der Waals surface area contributed by atoms with Crippen LogP contribution >= 0.6 is 0 Å². The van der Waals surface area contributed by atoms with Gasteiger partial charge in [-0.05, 0) is 57.9 Å². The lowest BCUT2D eigenvalue weighted by atomic mass is 9.83. The molecule has 2 aliphatic rings. The first-order chi connectivity index (χ1) is 22.3. The van der Waals surface area contributed by atoms with Gasteiger partial charge in [0.05, 0.1) is 18.2 Å². The largest absolute Gasteiger partial charge is 0.444 e. The van der Waals surface area contributed by atoms with Gasteiger partial charge in [0.1, 0.15) is 11.6 Å². The van der Waals surface area contributed by atoms with Gasteiger partial charge in [0.25, 0.3) is 0 Å². The van der Waals surface area contributed by atoms with E-state index < -0.39 is 41.9 Å². The fourth-order valence-corrected chi connectivity index (χ4v) is 6.28. The fraction of sp³-hybridized carbons (Fsp3) is 0.714. The minimum absolute atomic E-state index is 0.00792. The number of likely N-dealkylation sites (tertiary alicyclic amines) is 1. The summed E-state index contributed by atoms with van der Waals surface area (Å²) in [7, 11) is 0. The minimum atomic E-state index is -1.07. The van der Waals surface area contributed by atoms with Gasteiger partial charge in [0.2, 0.25) is 11.8 Å². The summed E-state index contributed by atoms with van der Waals surface area (Å²) in [5.41, 5.74) is 0.278. The molecule has 264 valence electrons. The molecule has 5 amide bonds. The molecule has 12 heteroatoms.